The summed E-state index contributed by atoms with van der Waals surface area (Å²) in [5.41, 5.74) is 9.21. The van der Waals surface area contributed by atoms with E-state index in [1.807, 2.05) is 54.6 Å². The van der Waals surface area contributed by atoms with Gasteiger partial charge in [-0.1, -0.05) is 30.3 Å². The second-order valence-electron chi connectivity index (χ2n) is 7.05. The number of rotatable bonds is 4. The molecule has 0 spiro atoms. The zero-order valence-electron chi connectivity index (χ0n) is 15.3. The van der Waals surface area contributed by atoms with Gasteiger partial charge in [-0.2, -0.15) is 0 Å². The molecule has 0 bridgehead atoms. The lowest BCUT2D eigenvalue weighted by Gasteiger charge is -2.12. The summed E-state index contributed by atoms with van der Waals surface area (Å²) in [6.07, 6.45) is 2.78. The molecule has 1 aliphatic carbocycles. The molecular weight excluding hydrogens is 338 g/mol. The molecule has 2 atom stereocenters. The average Bonchev–Trinajstić information content (AvgIpc) is 3.11. The van der Waals surface area contributed by atoms with Crippen LogP contribution in [0.15, 0.2) is 54.6 Å². The van der Waals surface area contributed by atoms with E-state index in [0.29, 0.717) is 5.56 Å². The van der Waals surface area contributed by atoms with Crippen LogP contribution >= 0.6 is 0 Å². The quantitative estimate of drug-likeness (QED) is 0.745. The van der Waals surface area contributed by atoms with Crippen molar-refractivity contribution in [3.05, 3.63) is 60.2 Å². The van der Waals surface area contributed by atoms with E-state index in [-0.39, 0.29) is 18.0 Å². The first-order valence-electron chi connectivity index (χ1n) is 9.24. The zero-order chi connectivity index (χ0) is 18.8. The van der Waals surface area contributed by atoms with Crippen molar-refractivity contribution in [2.75, 3.05) is 7.11 Å². The van der Waals surface area contributed by atoms with E-state index in [1.54, 1.807) is 7.11 Å². The highest BCUT2D eigenvalue weighted by Gasteiger charge is 2.23. The molecule has 1 saturated carbocycles. The van der Waals surface area contributed by atoms with Crippen LogP contribution in [-0.2, 0) is 0 Å². The van der Waals surface area contributed by atoms with Crippen molar-refractivity contribution in [3.63, 3.8) is 0 Å². The monoisotopic (exact) mass is 361 g/mol. The van der Waals surface area contributed by atoms with Crippen LogP contribution in [0.1, 0.15) is 29.6 Å². The SMILES string of the molecule is COc1cccc2ccc(-c3ccc(C(=O)NC4CCC(N)C4)cc3)nc12. The number of amides is 1. The maximum atomic E-state index is 12.4. The summed E-state index contributed by atoms with van der Waals surface area (Å²) in [6, 6.07) is 17.8. The Hall–Kier alpha value is -2.92. The molecule has 1 aliphatic rings. The molecule has 1 amide bonds. The number of nitrogens with one attached hydrogen (secondary N) is 1. The minimum absolute atomic E-state index is 0.0474. The number of nitrogens with two attached hydrogens (primary N) is 1. The summed E-state index contributed by atoms with van der Waals surface area (Å²) in [5, 5.41) is 4.10. The number of carbonyl (C=O) groups is 1. The van der Waals surface area contributed by atoms with Gasteiger partial charge in [-0.15, -0.1) is 0 Å². The molecule has 27 heavy (non-hydrogen) atoms. The topological polar surface area (TPSA) is 77.2 Å². The minimum atomic E-state index is -0.0474. The molecule has 4 rings (SSSR count). The number of hydrogen-bond acceptors (Lipinski definition) is 4. The van der Waals surface area contributed by atoms with Crippen molar-refractivity contribution in [2.24, 2.45) is 5.73 Å². The van der Waals surface area contributed by atoms with E-state index in [4.69, 9.17) is 15.5 Å². The van der Waals surface area contributed by atoms with E-state index in [1.165, 1.54) is 0 Å². The molecule has 5 nitrogen and oxygen atoms in total. The Balaban J connectivity index is 1.55. The lowest BCUT2D eigenvalue weighted by Crippen LogP contribution is -2.33. The summed E-state index contributed by atoms with van der Waals surface area (Å²) >= 11 is 0. The highest BCUT2D eigenvalue weighted by atomic mass is 16.5. The molecule has 3 aromatic rings. The lowest BCUT2D eigenvalue weighted by molar-refractivity contribution is 0.0937. The number of benzene rings is 2. The van der Waals surface area contributed by atoms with Crippen molar-refractivity contribution >= 4 is 16.8 Å². The minimum Gasteiger partial charge on any atom is -0.494 e. The van der Waals surface area contributed by atoms with Crippen LogP contribution in [0.4, 0.5) is 0 Å². The summed E-state index contributed by atoms with van der Waals surface area (Å²) in [7, 11) is 1.65. The first-order chi connectivity index (χ1) is 13.1. The smallest absolute Gasteiger partial charge is 0.251 e. The Morgan fingerprint density at radius 3 is 2.63 bits per heavy atom. The molecule has 2 aromatic carbocycles. The number of hydrogen-bond donors (Lipinski definition) is 2. The molecule has 0 radical (unpaired) electrons. The molecule has 0 aliphatic heterocycles. The van der Waals surface area contributed by atoms with Crippen molar-refractivity contribution in [1.82, 2.24) is 10.3 Å². The third-order valence-electron chi connectivity index (χ3n) is 5.15. The van der Waals surface area contributed by atoms with Crippen molar-refractivity contribution in [3.8, 4) is 17.0 Å². The number of aromatic nitrogens is 1. The lowest BCUT2D eigenvalue weighted by atomic mass is 10.1. The molecule has 138 valence electrons. The van der Waals surface area contributed by atoms with Crippen LogP contribution in [0.2, 0.25) is 0 Å². The number of para-hydroxylation sites is 1. The first-order valence-corrected chi connectivity index (χ1v) is 9.24. The molecule has 2 unspecified atom stereocenters. The van der Waals surface area contributed by atoms with Gasteiger partial charge in [0.2, 0.25) is 0 Å². The summed E-state index contributed by atoms with van der Waals surface area (Å²) in [4.78, 5) is 17.2. The highest BCUT2D eigenvalue weighted by molar-refractivity contribution is 5.95. The van der Waals surface area contributed by atoms with Crippen LogP contribution in [0.25, 0.3) is 22.2 Å². The molecule has 3 N–H and O–H groups in total. The van der Waals surface area contributed by atoms with Gasteiger partial charge in [0.15, 0.2) is 0 Å². The predicted molar refractivity (Wildman–Crippen MR) is 107 cm³/mol. The molecule has 1 fully saturated rings. The van der Waals surface area contributed by atoms with E-state index in [0.717, 1.165) is 47.2 Å². The van der Waals surface area contributed by atoms with Gasteiger partial charge in [-0.3, -0.25) is 4.79 Å². The zero-order valence-corrected chi connectivity index (χ0v) is 15.3. The standard InChI is InChI=1S/C22H23N3O2/c1-27-20-4-2-3-15-9-12-19(25-21(15)20)14-5-7-16(8-6-14)22(26)24-18-11-10-17(23)13-18/h2-9,12,17-18H,10-11,13,23H2,1H3,(H,24,26). The van der Waals surface area contributed by atoms with Crippen molar-refractivity contribution in [2.45, 2.75) is 31.3 Å². The van der Waals surface area contributed by atoms with Crippen LogP contribution < -0.4 is 15.8 Å². The third-order valence-corrected chi connectivity index (χ3v) is 5.15. The van der Waals surface area contributed by atoms with Crippen LogP contribution in [0.3, 0.4) is 0 Å². The number of ether oxygens (including phenoxy) is 1. The fraction of sp³-hybridized carbons (Fsp3) is 0.273. The van der Waals surface area contributed by atoms with Crippen LogP contribution in [0, 0.1) is 0 Å². The number of pyridine rings is 1. The Kier molecular flexibility index (Phi) is 4.77. The Morgan fingerprint density at radius 1 is 1.11 bits per heavy atom. The van der Waals surface area contributed by atoms with Crippen molar-refractivity contribution < 1.29 is 9.53 Å². The number of methoxy groups -OCH3 is 1. The maximum Gasteiger partial charge on any atom is 0.251 e. The largest absolute Gasteiger partial charge is 0.494 e. The van der Waals surface area contributed by atoms with E-state index in [2.05, 4.69) is 5.32 Å². The Bertz CT molecular complexity index is 969. The van der Waals surface area contributed by atoms with Gasteiger partial charge in [-0.05, 0) is 43.5 Å². The number of fused-ring (bicyclic) bond motifs is 1. The number of nitrogens with zero attached hydrogens (tertiary/aromatic N) is 1. The van der Waals surface area contributed by atoms with Gasteiger partial charge >= 0.3 is 0 Å². The third kappa shape index (κ3) is 3.64. The van der Waals surface area contributed by atoms with Crippen LogP contribution in [-0.4, -0.2) is 30.1 Å². The Labute approximate surface area is 158 Å². The van der Waals surface area contributed by atoms with Gasteiger partial charge in [0.05, 0.1) is 12.8 Å². The number of carbonyl (C=O) groups excluding carboxylic acids is 1. The first kappa shape index (κ1) is 17.5. The Morgan fingerprint density at radius 2 is 1.93 bits per heavy atom. The highest BCUT2D eigenvalue weighted by Crippen LogP contribution is 2.27. The summed E-state index contributed by atoms with van der Waals surface area (Å²) < 4.78 is 5.42. The maximum absolute atomic E-state index is 12.4. The normalized spacial score (nSPS) is 19.2. The second-order valence-corrected chi connectivity index (χ2v) is 7.05. The van der Waals surface area contributed by atoms with Gasteiger partial charge in [0, 0.05) is 28.6 Å². The van der Waals surface area contributed by atoms with E-state index < -0.39 is 0 Å². The fourth-order valence-electron chi connectivity index (χ4n) is 3.65. The molecule has 1 aromatic heterocycles. The molecular formula is C22H23N3O2. The summed E-state index contributed by atoms with van der Waals surface area (Å²) in [6.45, 7) is 0. The van der Waals surface area contributed by atoms with Crippen molar-refractivity contribution in [1.29, 1.82) is 0 Å². The van der Waals surface area contributed by atoms with Gasteiger partial charge in [0.25, 0.3) is 5.91 Å². The van der Waals surface area contributed by atoms with Crippen LogP contribution in [0.5, 0.6) is 5.75 Å². The fourth-order valence-corrected chi connectivity index (χ4v) is 3.65. The molecule has 1 heterocycles. The van der Waals surface area contributed by atoms with Gasteiger partial charge in [-0.25, -0.2) is 4.98 Å². The molecule has 5 heteroatoms. The summed E-state index contributed by atoms with van der Waals surface area (Å²) in [5.74, 6) is 0.703. The van der Waals surface area contributed by atoms with Gasteiger partial charge in [0.1, 0.15) is 11.3 Å². The average molecular weight is 361 g/mol. The predicted octanol–water partition coefficient (Wildman–Crippen LogP) is 3.52. The van der Waals surface area contributed by atoms with Gasteiger partial charge < -0.3 is 15.8 Å². The second kappa shape index (κ2) is 7.37. The van der Waals surface area contributed by atoms with E-state index >= 15 is 0 Å². The molecule has 0 saturated heterocycles. The van der Waals surface area contributed by atoms with E-state index in [9.17, 15) is 4.79 Å².